The smallest absolute Gasteiger partial charge is 0.236 e. The zero-order valence-corrected chi connectivity index (χ0v) is 17.3. The summed E-state index contributed by atoms with van der Waals surface area (Å²) in [5, 5.41) is 0. The molecule has 1 aromatic carbocycles. The van der Waals surface area contributed by atoms with E-state index in [4.69, 9.17) is 4.74 Å². The fraction of sp³-hybridized carbons (Fsp3) is 0.650. The number of benzene rings is 1. The molecule has 0 aliphatic carbocycles. The van der Waals surface area contributed by atoms with Crippen LogP contribution in [-0.4, -0.2) is 99.0 Å². The maximum Gasteiger partial charge on any atom is 0.236 e. The Kier molecular flexibility index (Phi) is 6.19. The molecule has 3 heterocycles. The summed E-state index contributed by atoms with van der Waals surface area (Å²) in [5.41, 5.74) is 0.920. The van der Waals surface area contributed by atoms with Crippen molar-refractivity contribution in [2.24, 2.45) is 0 Å². The number of sulfone groups is 1. The lowest BCUT2D eigenvalue weighted by Gasteiger charge is -2.39. The van der Waals surface area contributed by atoms with Gasteiger partial charge in [-0.15, -0.1) is 0 Å². The van der Waals surface area contributed by atoms with Gasteiger partial charge in [0.25, 0.3) is 0 Å². The van der Waals surface area contributed by atoms with Gasteiger partial charge in [-0.2, -0.15) is 0 Å². The molecule has 0 N–H and O–H groups in total. The average molecular weight is 426 g/mol. The maximum atomic E-state index is 13.1. The number of carbonyl (C=O) groups is 1. The van der Waals surface area contributed by atoms with E-state index in [1.54, 1.807) is 12.1 Å². The van der Waals surface area contributed by atoms with Crippen LogP contribution in [0.2, 0.25) is 0 Å². The molecule has 0 spiro atoms. The van der Waals surface area contributed by atoms with E-state index in [1.807, 2.05) is 4.90 Å². The summed E-state index contributed by atoms with van der Waals surface area (Å²) in [7, 11) is -2.89. The Hall–Kier alpha value is -1.55. The topological polar surface area (TPSA) is 70.2 Å². The third kappa shape index (κ3) is 5.14. The molecule has 29 heavy (non-hydrogen) atoms. The second-order valence-corrected chi connectivity index (χ2v) is 10.3. The second kappa shape index (κ2) is 8.67. The highest BCUT2D eigenvalue weighted by Gasteiger charge is 2.34. The van der Waals surface area contributed by atoms with E-state index in [9.17, 15) is 17.6 Å². The van der Waals surface area contributed by atoms with Crippen molar-refractivity contribution in [2.75, 3.05) is 63.9 Å². The van der Waals surface area contributed by atoms with Crippen molar-refractivity contribution in [2.45, 2.75) is 18.6 Å². The maximum absolute atomic E-state index is 13.1. The van der Waals surface area contributed by atoms with Crippen LogP contribution in [0, 0.1) is 5.82 Å². The monoisotopic (exact) mass is 425 g/mol. The summed E-state index contributed by atoms with van der Waals surface area (Å²) in [6.45, 7) is 4.93. The average Bonchev–Trinajstić information content (AvgIpc) is 3.08. The first kappa shape index (κ1) is 20.7. The fourth-order valence-electron chi connectivity index (χ4n) is 4.42. The molecule has 2 atom stereocenters. The van der Waals surface area contributed by atoms with Gasteiger partial charge in [0.2, 0.25) is 5.91 Å². The number of amides is 1. The van der Waals surface area contributed by atoms with E-state index < -0.39 is 9.84 Å². The molecule has 160 valence electrons. The van der Waals surface area contributed by atoms with Crippen LogP contribution in [0.4, 0.5) is 4.39 Å². The van der Waals surface area contributed by atoms with Crippen molar-refractivity contribution in [3.05, 3.63) is 35.6 Å². The molecule has 1 amide bonds. The van der Waals surface area contributed by atoms with E-state index in [1.165, 1.54) is 12.1 Å². The molecule has 0 radical (unpaired) electrons. The van der Waals surface area contributed by atoms with Gasteiger partial charge in [0.15, 0.2) is 9.84 Å². The third-order valence-electron chi connectivity index (χ3n) is 6.14. The predicted octanol–water partition coefficient (Wildman–Crippen LogP) is 0.530. The van der Waals surface area contributed by atoms with E-state index in [0.29, 0.717) is 45.8 Å². The van der Waals surface area contributed by atoms with Gasteiger partial charge in [-0.05, 0) is 24.1 Å². The summed E-state index contributed by atoms with van der Waals surface area (Å²) in [5.74, 6) is 0.358. The number of hydrogen-bond acceptors (Lipinski definition) is 6. The Morgan fingerprint density at radius 2 is 1.83 bits per heavy atom. The molecule has 0 saturated carbocycles. The van der Waals surface area contributed by atoms with Gasteiger partial charge >= 0.3 is 0 Å². The van der Waals surface area contributed by atoms with E-state index in [-0.39, 0.29) is 35.4 Å². The largest absolute Gasteiger partial charge is 0.371 e. The van der Waals surface area contributed by atoms with Crippen LogP contribution >= 0.6 is 0 Å². The zero-order valence-electron chi connectivity index (χ0n) is 16.5. The molecule has 3 saturated heterocycles. The molecule has 3 fully saturated rings. The van der Waals surface area contributed by atoms with Crippen molar-refractivity contribution in [3.63, 3.8) is 0 Å². The fourth-order valence-corrected chi connectivity index (χ4v) is 6.18. The Balaban J connectivity index is 1.26. The van der Waals surface area contributed by atoms with E-state index in [2.05, 4.69) is 9.80 Å². The van der Waals surface area contributed by atoms with Gasteiger partial charge in [0, 0.05) is 45.3 Å². The highest BCUT2D eigenvalue weighted by atomic mass is 32.2. The Bertz CT molecular complexity index is 825. The summed E-state index contributed by atoms with van der Waals surface area (Å²) in [6.07, 6.45) is 0.549. The van der Waals surface area contributed by atoms with Crippen LogP contribution < -0.4 is 0 Å². The second-order valence-electron chi connectivity index (χ2n) is 8.12. The van der Waals surface area contributed by atoms with Crippen LogP contribution in [0.15, 0.2) is 24.3 Å². The van der Waals surface area contributed by atoms with Gasteiger partial charge in [-0.1, -0.05) is 12.1 Å². The molecule has 3 aliphatic heterocycles. The number of halogens is 1. The van der Waals surface area contributed by atoms with Crippen LogP contribution in [0.3, 0.4) is 0 Å². The molecule has 0 bridgehead atoms. The lowest BCUT2D eigenvalue weighted by Crippen LogP contribution is -2.54. The third-order valence-corrected chi connectivity index (χ3v) is 7.89. The van der Waals surface area contributed by atoms with Gasteiger partial charge in [-0.25, -0.2) is 12.8 Å². The lowest BCUT2D eigenvalue weighted by atomic mass is 10.1. The molecule has 0 aromatic heterocycles. The number of morpholine rings is 1. The minimum absolute atomic E-state index is 0.100. The van der Waals surface area contributed by atoms with Crippen LogP contribution in [-0.2, 0) is 19.4 Å². The normalized spacial score (nSPS) is 28.5. The summed E-state index contributed by atoms with van der Waals surface area (Å²) >= 11 is 0. The Morgan fingerprint density at radius 3 is 2.48 bits per heavy atom. The van der Waals surface area contributed by atoms with Gasteiger partial charge in [-0.3, -0.25) is 14.6 Å². The lowest BCUT2D eigenvalue weighted by molar-refractivity contribution is -0.136. The van der Waals surface area contributed by atoms with Crippen molar-refractivity contribution < 1.29 is 22.3 Å². The van der Waals surface area contributed by atoms with Crippen LogP contribution in [0.5, 0.6) is 0 Å². The molecule has 1 aromatic rings. The van der Waals surface area contributed by atoms with Crippen LogP contribution in [0.25, 0.3) is 0 Å². The van der Waals surface area contributed by atoms with Crippen molar-refractivity contribution in [1.82, 2.24) is 14.7 Å². The Labute approximate surface area is 171 Å². The number of hydrogen-bond donors (Lipinski definition) is 0. The van der Waals surface area contributed by atoms with Gasteiger partial charge in [0.1, 0.15) is 5.82 Å². The summed E-state index contributed by atoms with van der Waals surface area (Å²) in [4.78, 5) is 19.0. The minimum atomic E-state index is -2.89. The van der Waals surface area contributed by atoms with Crippen LogP contribution in [0.1, 0.15) is 18.1 Å². The number of ether oxygens (including phenoxy) is 1. The molecule has 4 rings (SSSR count). The molecule has 3 aliphatic rings. The van der Waals surface area contributed by atoms with Crippen molar-refractivity contribution in [3.8, 4) is 0 Å². The van der Waals surface area contributed by atoms with E-state index in [0.717, 1.165) is 18.7 Å². The highest BCUT2D eigenvalue weighted by Crippen LogP contribution is 2.23. The molecular weight excluding hydrogens is 397 g/mol. The molecular formula is C20H28FN3O4S. The van der Waals surface area contributed by atoms with Gasteiger partial charge in [0.05, 0.1) is 30.8 Å². The first-order valence-electron chi connectivity index (χ1n) is 10.2. The molecule has 7 nitrogen and oxygen atoms in total. The molecule has 0 unspecified atom stereocenters. The standard InChI is InChI=1S/C20H28FN3O4S/c21-17-3-1-16(2-4-17)19-13-22(10-11-28-19)14-20(25)24-8-6-23(7-9-24)18-5-12-29(26,27)15-18/h1-4,18-19H,5-15H2/t18-,19-/m0/s1. The highest BCUT2D eigenvalue weighted by molar-refractivity contribution is 7.91. The van der Waals surface area contributed by atoms with Crippen molar-refractivity contribution in [1.29, 1.82) is 0 Å². The minimum Gasteiger partial charge on any atom is -0.371 e. The predicted molar refractivity (Wildman–Crippen MR) is 107 cm³/mol. The summed E-state index contributed by atoms with van der Waals surface area (Å²) < 4.78 is 42.3. The van der Waals surface area contributed by atoms with Gasteiger partial charge < -0.3 is 9.64 Å². The SMILES string of the molecule is O=C(CN1CCO[C@H](c2ccc(F)cc2)C1)N1CCN([C@H]2CCS(=O)(=O)C2)CC1. The number of carbonyl (C=O) groups excluding carboxylic acids is 1. The number of rotatable bonds is 4. The Morgan fingerprint density at radius 1 is 1.10 bits per heavy atom. The first-order valence-corrected chi connectivity index (χ1v) is 12.0. The van der Waals surface area contributed by atoms with Crippen molar-refractivity contribution >= 4 is 15.7 Å². The first-order chi connectivity index (χ1) is 13.9. The number of piperazine rings is 1. The quantitative estimate of drug-likeness (QED) is 0.701. The van der Waals surface area contributed by atoms with E-state index >= 15 is 0 Å². The molecule has 9 heteroatoms. The zero-order chi connectivity index (χ0) is 20.4. The summed E-state index contributed by atoms with van der Waals surface area (Å²) in [6, 6.07) is 6.42. The number of nitrogens with zero attached hydrogens (tertiary/aromatic N) is 3.